The van der Waals surface area contributed by atoms with Crippen molar-refractivity contribution in [3.05, 3.63) is 42.5 Å². The van der Waals surface area contributed by atoms with Crippen LogP contribution in [0.25, 0.3) is 0 Å². The number of fused-ring (bicyclic) bond motifs is 1. The van der Waals surface area contributed by atoms with Gasteiger partial charge in [0, 0.05) is 31.2 Å². The number of carbonyl (C=O) groups excluding carboxylic acids is 2. The Hall–Kier alpha value is -2.59. The van der Waals surface area contributed by atoms with Gasteiger partial charge < -0.3 is 10.1 Å². The number of anilines is 1. The van der Waals surface area contributed by atoms with Gasteiger partial charge in [0.1, 0.15) is 5.82 Å². The number of hydrogen-bond acceptors (Lipinski definition) is 7. The average molecular weight is 405 g/mol. The van der Waals surface area contributed by atoms with Gasteiger partial charge in [-0.05, 0) is 37.1 Å². The minimum Gasteiger partial charge on any atom is -0.376 e. The number of amidine groups is 1. The highest BCUT2D eigenvalue weighted by molar-refractivity contribution is 8.14. The number of hydrogen-bond donors (Lipinski definition) is 2. The van der Waals surface area contributed by atoms with E-state index in [1.165, 1.54) is 40.9 Å². The van der Waals surface area contributed by atoms with E-state index in [4.69, 9.17) is 4.74 Å². The van der Waals surface area contributed by atoms with Crippen molar-refractivity contribution in [2.75, 3.05) is 23.8 Å². The Balaban J connectivity index is 1.32. The number of nitrogens with one attached hydrogen (secondary N) is 2. The maximum absolute atomic E-state index is 13.1. The van der Waals surface area contributed by atoms with Gasteiger partial charge in [0.25, 0.3) is 5.91 Å². The Bertz CT molecular complexity index is 810. The lowest BCUT2D eigenvalue weighted by molar-refractivity contribution is -0.122. The number of benzene rings is 1. The molecule has 2 atom stereocenters. The standard InChI is InChI=1S/C18H20FN5O3S/c19-12-3-5-13(6-4-12)23-7-8-24-16(17(23)26)21-22-18(24)28-11-15(25)20-10-14-2-1-9-27-14/h3-8,14,16,21H,1-2,9-11H2,(H,20,25). The number of hydrazone groups is 1. The second-order valence-corrected chi connectivity index (χ2v) is 7.49. The number of rotatable bonds is 5. The monoisotopic (exact) mass is 405 g/mol. The van der Waals surface area contributed by atoms with Crippen LogP contribution in [0.1, 0.15) is 12.8 Å². The molecule has 0 aliphatic carbocycles. The summed E-state index contributed by atoms with van der Waals surface area (Å²) in [4.78, 5) is 27.9. The summed E-state index contributed by atoms with van der Waals surface area (Å²) < 4.78 is 18.6. The molecule has 0 bridgehead atoms. The fourth-order valence-electron chi connectivity index (χ4n) is 3.15. The van der Waals surface area contributed by atoms with Crippen molar-refractivity contribution in [2.45, 2.75) is 25.1 Å². The van der Waals surface area contributed by atoms with Gasteiger partial charge in [-0.15, -0.1) is 0 Å². The molecular formula is C18H20FN5O3S. The summed E-state index contributed by atoms with van der Waals surface area (Å²) in [5.41, 5.74) is 3.36. The Kier molecular flexibility index (Phi) is 5.49. The van der Waals surface area contributed by atoms with Crippen LogP contribution < -0.4 is 15.6 Å². The number of nitrogens with zero attached hydrogens (tertiary/aromatic N) is 3. The van der Waals surface area contributed by atoms with Gasteiger partial charge in [0.15, 0.2) is 5.17 Å². The first-order valence-electron chi connectivity index (χ1n) is 9.01. The van der Waals surface area contributed by atoms with Crippen molar-refractivity contribution in [3.8, 4) is 0 Å². The molecule has 10 heteroatoms. The fourth-order valence-corrected chi connectivity index (χ4v) is 3.95. The molecule has 2 N–H and O–H groups in total. The van der Waals surface area contributed by atoms with E-state index in [-0.39, 0.29) is 29.5 Å². The van der Waals surface area contributed by atoms with E-state index in [0.29, 0.717) is 17.4 Å². The second kappa shape index (κ2) is 8.19. The summed E-state index contributed by atoms with van der Waals surface area (Å²) >= 11 is 1.25. The Morgan fingerprint density at radius 3 is 2.93 bits per heavy atom. The van der Waals surface area contributed by atoms with Crippen molar-refractivity contribution >= 4 is 34.4 Å². The first kappa shape index (κ1) is 18.8. The van der Waals surface area contributed by atoms with Crippen LogP contribution in [0.2, 0.25) is 0 Å². The van der Waals surface area contributed by atoms with Crippen molar-refractivity contribution < 1.29 is 18.7 Å². The van der Waals surface area contributed by atoms with Crippen molar-refractivity contribution in [3.63, 3.8) is 0 Å². The molecule has 8 nitrogen and oxygen atoms in total. The predicted molar refractivity (Wildman–Crippen MR) is 104 cm³/mol. The number of halogens is 1. The number of carbonyl (C=O) groups is 2. The normalized spacial score (nSPS) is 23.5. The zero-order valence-corrected chi connectivity index (χ0v) is 15.8. The summed E-state index contributed by atoms with van der Waals surface area (Å²) in [5.74, 6) is -0.513. The maximum atomic E-state index is 13.1. The molecule has 0 spiro atoms. The van der Waals surface area contributed by atoms with E-state index in [1.54, 1.807) is 17.3 Å². The topological polar surface area (TPSA) is 86.3 Å². The van der Waals surface area contributed by atoms with Crippen molar-refractivity contribution in [1.82, 2.24) is 15.6 Å². The second-order valence-electron chi connectivity index (χ2n) is 6.54. The Morgan fingerprint density at radius 2 is 2.18 bits per heavy atom. The lowest BCUT2D eigenvalue weighted by Gasteiger charge is -2.31. The van der Waals surface area contributed by atoms with Crippen LogP contribution in [-0.4, -0.2) is 53.1 Å². The molecule has 1 aromatic carbocycles. The van der Waals surface area contributed by atoms with Crippen LogP contribution in [0.4, 0.5) is 10.1 Å². The van der Waals surface area contributed by atoms with Crippen LogP contribution in [0.5, 0.6) is 0 Å². The smallest absolute Gasteiger partial charge is 0.276 e. The molecule has 0 radical (unpaired) electrons. The van der Waals surface area contributed by atoms with Crippen LogP contribution >= 0.6 is 11.8 Å². The molecule has 2 amide bonds. The largest absolute Gasteiger partial charge is 0.376 e. The number of ether oxygens (including phenoxy) is 1. The van der Waals surface area contributed by atoms with Gasteiger partial charge in [-0.1, -0.05) is 11.8 Å². The third-order valence-electron chi connectivity index (χ3n) is 4.62. The van der Waals surface area contributed by atoms with Gasteiger partial charge in [-0.3, -0.25) is 24.8 Å². The minimum atomic E-state index is -0.687. The lowest BCUT2D eigenvalue weighted by Crippen LogP contribution is -2.52. The molecule has 148 valence electrons. The van der Waals surface area contributed by atoms with E-state index >= 15 is 0 Å². The minimum absolute atomic E-state index is 0.101. The molecule has 3 aliphatic heterocycles. The van der Waals surface area contributed by atoms with Crippen molar-refractivity contribution in [2.24, 2.45) is 5.10 Å². The summed E-state index contributed by atoms with van der Waals surface area (Å²) in [5, 5.41) is 7.58. The molecule has 1 aromatic rings. The molecule has 4 rings (SSSR count). The van der Waals surface area contributed by atoms with Crippen molar-refractivity contribution in [1.29, 1.82) is 0 Å². The highest BCUT2D eigenvalue weighted by atomic mass is 32.2. The summed E-state index contributed by atoms with van der Waals surface area (Å²) in [6.07, 6.45) is 4.73. The molecule has 3 aliphatic rings. The quantitative estimate of drug-likeness (QED) is 0.765. The SMILES string of the molecule is O=C(CSC1=NNC2C(=O)N(c3ccc(F)cc3)C=CN12)NCC1CCCO1. The van der Waals surface area contributed by atoms with Gasteiger partial charge >= 0.3 is 0 Å². The number of thioether (sulfide) groups is 1. The third kappa shape index (κ3) is 3.97. The first-order chi connectivity index (χ1) is 13.6. The molecule has 0 aromatic heterocycles. The molecule has 0 saturated carbocycles. The van der Waals surface area contributed by atoms with E-state index in [2.05, 4.69) is 15.8 Å². The van der Waals surface area contributed by atoms with Crippen LogP contribution in [0, 0.1) is 5.82 Å². The predicted octanol–water partition coefficient (Wildman–Crippen LogP) is 1.17. The zero-order valence-electron chi connectivity index (χ0n) is 15.0. The lowest BCUT2D eigenvalue weighted by atomic mass is 10.2. The highest BCUT2D eigenvalue weighted by Gasteiger charge is 2.38. The van der Waals surface area contributed by atoms with Gasteiger partial charge in [0.05, 0.1) is 11.9 Å². The maximum Gasteiger partial charge on any atom is 0.276 e. The first-order valence-corrected chi connectivity index (χ1v) is 10.00. The molecular weight excluding hydrogens is 385 g/mol. The Labute approximate surface area is 165 Å². The molecule has 28 heavy (non-hydrogen) atoms. The van der Waals surface area contributed by atoms with E-state index < -0.39 is 6.17 Å². The van der Waals surface area contributed by atoms with Crippen LogP contribution in [0.15, 0.2) is 41.8 Å². The summed E-state index contributed by atoms with van der Waals surface area (Å²) in [7, 11) is 0. The van der Waals surface area contributed by atoms with Gasteiger partial charge in [-0.25, -0.2) is 4.39 Å². The Morgan fingerprint density at radius 1 is 1.36 bits per heavy atom. The fraction of sp³-hybridized carbons (Fsp3) is 0.389. The number of amides is 2. The molecule has 1 saturated heterocycles. The summed E-state index contributed by atoms with van der Waals surface area (Å²) in [6.45, 7) is 1.27. The third-order valence-corrected chi connectivity index (χ3v) is 5.58. The van der Waals surface area contributed by atoms with Crippen LogP contribution in [-0.2, 0) is 14.3 Å². The van der Waals surface area contributed by atoms with E-state index in [0.717, 1.165) is 19.4 Å². The summed E-state index contributed by atoms with van der Waals surface area (Å²) in [6, 6.07) is 5.68. The molecule has 1 fully saturated rings. The van der Waals surface area contributed by atoms with E-state index in [1.807, 2.05) is 0 Å². The molecule has 2 unspecified atom stereocenters. The van der Waals surface area contributed by atoms with Gasteiger partial charge in [0.2, 0.25) is 12.1 Å². The average Bonchev–Trinajstić information content (AvgIpc) is 3.36. The highest BCUT2D eigenvalue weighted by Crippen LogP contribution is 2.25. The zero-order chi connectivity index (χ0) is 19.5. The molecule has 3 heterocycles. The van der Waals surface area contributed by atoms with E-state index in [9.17, 15) is 14.0 Å². The van der Waals surface area contributed by atoms with Gasteiger partial charge in [-0.2, -0.15) is 5.10 Å². The van der Waals surface area contributed by atoms with Crippen LogP contribution in [0.3, 0.4) is 0 Å².